The average Bonchev–Trinajstić information content (AvgIpc) is 3.29. The lowest BCUT2D eigenvalue weighted by atomic mass is 10.1. The largest absolute Gasteiger partial charge is 0.490 e. The number of anilines is 1. The van der Waals surface area contributed by atoms with Crippen LogP contribution in [0, 0.1) is 20.2 Å². The van der Waals surface area contributed by atoms with Crippen molar-refractivity contribution in [1.29, 1.82) is 0 Å². The number of carbonyl (C=O) groups is 4. The van der Waals surface area contributed by atoms with E-state index in [4.69, 9.17) is 25.8 Å². The quantitative estimate of drug-likeness (QED) is 0.0878. The Bertz CT molecular complexity index is 1810. The highest BCUT2D eigenvalue weighted by Gasteiger charge is 2.36. The fourth-order valence-corrected chi connectivity index (χ4v) is 5.13. The van der Waals surface area contributed by atoms with Crippen LogP contribution in [0.5, 0.6) is 17.2 Å². The van der Waals surface area contributed by atoms with Gasteiger partial charge in [-0.05, 0) is 73.1 Å². The molecular weight excluding hydrogens is 660 g/mol. The van der Waals surface area contributed by atoms with Crippen LogP contribution in [0.2, 0.25) is 5.02 Å². The van der Waals surface area contributed by atoms with Crippen molar-refractivity contribution >= 4 is 69.5 Å². The molecule has 0 unspecified atom stereocenters. The molecule has 0 bridgehead atoms. The van der Waals surface area contributed by atoms with Crippen molar-refractivity contribution in [3.8, 4) is 17.2 Å². The minimum atomic E-state index is -0.815. The van der Waals surface area contributed by atoms with Gasteiger partial charge in [0.15, 0.2) is 11.5 Å². The average molecular weight is 685 g/mol. The van der Waals surface area contributed by atoms with Gasteiger partial charge in [-0.1, -0.05) is 24.6 Å². The first kappa shape index (κ1) is 34.4. The number of non-ortho nitro benzene ring substituents is 1. The van der Waals surface area contributed by atoms with E-state index in [2.05, 4.69) is 5.32 Å². The van der Waals surface area contributed by atoms with Crippen LogP contribution in [-0.4, -0.2) is 57.5 Å². The number of halogens is 1. The molecule has 0 atom stereocenters. The zero-order chi connectivity index (χ0) is 34.2. The van der Waals surface area contributed by atoms with Crippen LogP contribution in [0.25, 0.3) is 6.08 Å². The number of hydrogen-bond acceptors (Lipinski definition) is 12. The van der Waals surface area contributed by atoms with E-state index in [-0.39, 0.29) is 51.6 Å². The Hall–Kier alpha value is -5.48. The fraction of sp³-hybridized carbons (Fsp3) is 0.200. The number of imide groups is 1. The summed E-state index contributed by atoms with van der Waals surface area (Å²) in [5.74, 6) is -2.18. The number of nitrogens with zero attached hydrogens (tertiary/aromatic N) is 3. The van der Waals surface area contributed by atoms with Crippen molar-refractivity contribution in [3.05, 3.63) is 95.9 Å². The van der Waals surface area contributed by atoms with Crippen LogP contribution in [0.15, 0.2) is 59.5 Å². The molecule has 15 nitrogen and oxygen atoms in total. The number of ether oxygens (including phenoxy) is 3. The minimum absolute atomic E-state index is 0.0115. The monoisotopic (exact) mass is 684 g/mol. The van der Waals surface area contributed by atoms with E-state index < -0.39 is 50.8 Å². The van der Waals surface area contributed by atoms with Gasteiger partial charge in [0, 0.05) is 11.8 Å². The normalized spacial score (nSPS) is 13.4. The maximum absolute atomic E-state index is 13.1. The molecule has 47 heavy (non-hydrogen) atoms. The predicted octanol–water partition coefficient (Wildman–Crippen LogP) is 6.59. The molecule has 0 aliphatic carbocycles. The highest BCUT2D eigenvalue weighted by molar-refractivity contribution is 8.18. The van der Waals surface area contributed by atoms with Crippen LogP contribution in [0.3, 0.4) is 0 Å². The highest BCUT2D eigenvalue weighted by atomic mass is 35.5. The maximum atomic E-state index is 13.1. The summed E-state index contributed by atoms with van der Waals surface area (Å²) < 4.78 is 16.4. The van der Waals surface area contributed by atoms with Crippen molar-refractivity contribution < 1.29 is 43.2 Å². The minimum Gasteiger partial charge on any atom is -0.490 e. The number of carbonyl (C=O) groups excluding carboxylic acids is 4. The van der Waals surface area contributed by atoms with E-state index in [0.29, 0.717) is 23.7 Å². The van der Waals surface area contributed by atoms with Crippen molar-refractivity contribution in [2.45, 2.75) is 20.3 Å². The Morgan fingerprint density at radius 1 is 0.979 bits per heavy atom. The Morgan fingerprint density at radius 2 is 1.72 bits per heavy atom. The van der Waals surface area contributed by atoms with Crippen LogP contribution in [0.1, 0.15) is 36.2 Å². The molecule has 1 saturated heterocycles. The Labute approximate surface area is 275 Å². The van der Waals surface area contributed by atoms with Gasteiger partial charge in [0.25, 0.3) is 16.8 Å². The second-order valence-electron chi connectivity index (χ2n) is 9.55. The number of nitro benzene ring substituents is 2. The Balaban J connectivity index is 1.49. The summed E-state index contributed by atoms with van der Waals surface area (Å²) in [6.45, 7) is 3.27. The summed E-state index contributed by atoms with van der Waals surface area (Å²) in [5.41, 5.74) is -0.470. The molecule has 3 aromatic rings. The highest BCUT2D eigenvalue weighted by Crippen LogP contribution is 2.40. The van der Waals surface area contributed by atoms with Crippen molar-refractivity contribution in [1.82, 2.24) is 4.90 Å². The van der Waals surface area contributed by atoms with Gasteiger partial charge in [-0.15, -0.1) is 0 Å². The molecule has 3 aromatic carbocycles. The van der Waals surface area contributed by atoms with Crippen LogP contribution < -0.4 is 14.8 Å². The maximum Gasteiger partial charge on any atom is 0.339 e. The molecule has 244 valence electrons. The number of benzene rings is 3. The van der Waals surface area contributed by atoms with Gasteiger partial charge in [0.1, 0.15) is 6.54 Å². The summed E-state index contributed by atoms with van der Waals surface area (Å²) in [6, 6.07) is 11.5. The number of hydrogen-bond donors (Lipinski definition) is 1. The number of rotatable bonds is 13. The van der Waals surface area contributed by atoms with Gasteiger partial charge in [0.2, 0.25) is 11.7 Å². The molecule has 0 radical (unpaired) electrons. The standard InChI is InChI=1S/C30H25ClN4O11S/c1-3-11-45-29(38)20-14-18(6-8-21(20)31)32-27(36)16-33-28(37)26(47-30(33)39)13-17-5-9-24(25(12-17)44-4-2)46-23-10-7-19(34(40)41)15-22(23)35(42)43/h5-10,12-15H,3-4,11,16H2,1-2H3,(H,32,36)/b26-13+. The molecule has 1 heterocycles. The van der Waals surface area contributed by atoms with E-state index >= 15 is 0 Å². The number of nitro groups is 2. The first-order chi connectivity index (χ1) is 22.4. The van der Waals surface area contributed by atoms with E-state index in [1.807, 2.05) is 6.92 Å². The number of esters is 1. The SMILES string of the molecule is CCCOC(=O)c1cc(NC(=O)CN2C(=O)S/C(=C/c3ccc(Oc4ccc([N+](=O)[O-])cc4[N+](=O)[O-])c(OCC)c3)C2=O)ccc1Cl. The molecule has 4 rings (SSSR count). The first-order valence-corrected chi connectivity index (χ1v) is 15.0. The third-order valence-corrected chi connectivity index (χ3v) is 7.45. The summed E-state index contributed by atoms with van der Waals surface area (Å²) in [7, 11) is 0. The van der Waals surface area contributed by atoms with Gasteiger partial charge < -0.3 is 19.5 Å². The molecule has 1 aliphatic rings. The topological polar surface area (TPSA) is 198 Å². The van der Waals surface area contributed by atoms with E-state index in [1.54, 1.807) is 6.92 Å². The zero-order valence-corrected chi connectivity index (χ0v) is 26.3. The lowest BCUT2D eigenvalue weighted by Gasteiger charge is -2.13. The lowest BCUT2D eigenvalue weighted by Crippen LogP contribution is -2.36. The van der Waals surface area contributed by atoms with Crippen molar-refractivity contribution in [2.24, 2.45) is 0 Å². The third kappa shape index (κ3) is 8.42. The molecule has 0 aromatic heterocycles. The molecule has 3 amide bonds. The predicted molar refractivity (Wildman–Crippen MR) is 171 cm³/mol. The van der Waals surface area contributed by atoms with Gasteiger partial charge in [-0.25, -0.2) is 4.79 Å². The second kappa shape index (κ2) is 15.2. The zero-order valence-electron chi connectivity index (χ0n) is 24.7. The summed E-state index contributed by atoms with van der Waals surface area (Å²) >= 11 is 6.70. The molecule has 0 saturated carbocycles. The summed E-state index contributed by atoms with van der Waals surface area (Å²) in [5, 5.41) is 24.5. The Morgan fingerprint density at radius 3 is 2.40 bits per heavy atom. The van der Waals surface area contributed by atoms with Gasteiger partial charge in [-0.3, -0.25) is 39.5 Å². The molecule has 1 aliphatic heterocycles. The van der Waals surface area contributed by atoms with Crippen LogP contribution in [-0.2, 0) is 14.3 Å². The summed E-state index contributed by atoms with van der Waals surface area (Å²) in [6.07, 6.45) is 2.01. The lowest BCUT2D eigenvalue weighted by molar-refractivity contribution is -0.394. The molecule has 1 N–H and O–H groups in total. The van der Waals surface area contributed by atoms with E-state index in [9.17, 15) is 39.4 Å². The molecular formula is C30H25ClN4O11S. The smallest absolute Gasteiger partial charge is 0.339 e. The number of amides is 3. The third-order valence-electron chi connectivity index (χ3n) is 6.22. The summed E-state index contributed by atoms with van der Waals surface area (Å²) in [4.78, 5) is 72.5. The van der Waals surface area contributed by atoms with Crippen LogP contribution >= 0.6 is 23.4 Å². The van der Waals surface area contributed by atoms with E-state index in [1.165, 1.54) is 42.5 Å². The van der Waals surface area contributed by atoms with E-state index in [0.717, 1.165) is 23.1 Å². The number of nitrogens with one attached hydrogen (secondary N) is 1. The van der Waals surface area contributed by atoms with Crippen molar-refractivity contribution in [2.75, 3.05) is 25.1 Å². The second-order valence-corrected chi connectivity index (χ2v) is 11.0. The fourth-order valence-electron chi connectivity index (χ4n) is 4.10. The molecule has 1 fully saturated rings. The first-order valence-electron chi connectivity index (χ1n) is 13.8. The van der Waals surface area contributed by atoms with Crippen LogP contribution in [0.4, 0.5) is 21.9 Å². The van der Waals surface area contributed by atoms with Gasteiger partial charge >= 0.3 is 11.7 Å². The molecule has 17 heteroatoms. The van der Waals surface area contributed by atoms with Gasteiger partial charge in [-0.2, -0.15) is 0 Å². The van der Waals surface area contributed by atoms with Gasteiger partial charge in [0.05, 0.1) is 44.6 Å². The number of thioether (sulfide) groups is 1. The Kier molecular flexibility index (Phi) is 11.1. The van der Waals surface area contributed by atoms with Crippen molar-refractivity contribution in [3.63, 3.8) is 0 Å². The molecule has 0 spiro atoms.